The minimum atomic E-state index is -3.96. The Morgan fingerprint density at radius 2 is 2.00 bits per heavy atom. The number of nitrogens with two attached hydrogens (primary N) is 2. The van der Waals surface area contributed by atoms with Crippen molar-refractivity contribution in [3.8, 4) is 0 Å². The Labute approximate surface area is 120 Å². The van der Waals surface area contributed by atoms with Gasteiger partial charge in [-0.05, 0) is 18.6 Å². The summed E-state index contributed by atoms with van der Waals surface area (Å²) < 4.78 is 26.3. The average Bonchev–Trinajstić information content (AvgIpc) is 2.33. The molecule has 0 spiro atoms. The summed E-state index contributed by atoms with van der Waals surface area (Å²) >= 11 is 0. The second kappa shape index (κ2) is 6.37. The maximum atomic E-state index is 12.1. The summed E-state index contributed by atoms with van der Waals surface area (Å²) in [7, 11) is -3.96. The van der Waals surface area contributed by atoms with Crippen LogP contribution in [0.1, 0.15) is 5.56 Å². The summed E-state index contributed by atoms with van der Waals surface area (Å²) in [4.78, 5) is 20.2. The maximum Gasteiger partial charge on any atom is 0.312 e. The van der Waals surface area contributed by atoms with Crippen molar-refractivity contribution < 1.29 is 18.1 Å². The van der Waals surface area contributed by atoms with E-state index in [1.807, 2.05) is 0 Å². The summed E-state index contributed by atoms with van der Waals surface area (Å²) in [6.45, 7) is 1.35. The number of rotatable bonds is 6. The summed E-state index contributed by atoms with van der Waals surface area (Å²) in [6.07, 6.45) is 0. The van der Waals surface area contributed by atoms with Crippen molar-refractivity contribution in [1.82, 2.24) is 10.0 Å². The second-order valence-corrected chi connectivity index (χ2v) is 5.86. The van der Waals surface area contributed by atoms with Gasteiger partial charge in [0, 0.05) is 19.2 Å². The van der Waals surface area contributed by atoms with Crippen molar-refractivity contribution >= 4 is 27.4 Å². The molecule has 0 aliphatic rings. The Kier molecular flexibility index (Phi) is 5.05. The zero-order chi connectivity index (χ0) is 16.2. The van der Waals surface area contributed by atoms with E-state index in [-0.39, 0.29) is 29.2 Å². The number of amides is 2. The molecule has 0 aromatic heterocycles. The predicted octanol–water partition coefficient (Wildman–Crippen LogP) is -0.568. The zero-order valence-corrected chi connectivity index (χ0v) is 11.9. The summed E-state index contributed by atoms with van der Waals surface area (Å²) in [5.74, 6) is 0. The first-order valence-corrected chi connectivity index (χ1v) is 7.21. The molecular formula is C10H15N5O5S. The molecule has 0 aliphatic heterocycles. The van der Waals surface area contributed by atoms with Crippen molar-refractivity contribution in [3.05, 3.63) is 27.8 Å². The Balaban J connectivity index is 3.00. The van der Waals surface area contributed by atoms with E-state index in [4.69, 9.17) is 11.5 Å². The van der Waals surface area contributed by atoms with Gasteiger partial charge in [0.25, 0.3) is 5.69 Å². The van der Waals surface area contributed by atoms with Gasteiger partial charge in [0.2, 0.25) is 10.0 Å². The summed E-state index contributed by atoms with van der Waals surface area (Å²) in [5.41, 5.74) is 9.97. The Hall–Kier alpha value is -2.40. The number of nitrogens with zero attached hydrogens (tertiary/aromatic N) is 1. The quantitative estimate of drug-likeness (QED) is 0.237. The predicted molar refractivity (Wildman–Crippen MR) is 75.0 cm³/mol. The number of urea groups is 1. The van der Waals surface area contributed by atoms with E-state index in [2.05, 4.69) is 10.0 Å². The number of carbonyl (C=O) groups excluding carboxylic acids is 1. The van der Waals surface area contributed by atoms with Crippen molar-refractivity contribution in [2.24, 2.45) is 5.73 Å². The van der Waals surface area contributed by atoms with Gasteiger partial charge in [-0.3, -0.25) is 10.1 Å². The van der Waals surface area contributed by atoms with Crippen molar-refractivity contribution in [3.63, 3.8) is 0 Å². The highest BCUT2D eigenvalue weighted by Gasteiger charge is 2.22. The number of aryl methyl sites for hydroxylation is 1. The van der Waals surface area contributed by atoms with Gasteiger partial charge in [-0.15, -0.1) is 0 Å². The fraction of sp³-hybridized carbons (Fsp3) is 0.300. The minimum absolute atomic E-state index is 0.00925. The van der Waals surface area contributed by atoms with E-state index in [1.54, 1.807) is 0 Å². The lowest BCUT2D eigenvalue weighted by Crippen LogP contribution is -2.37. The fourth-order valence-corrected chi connectivity index (χ4v) is 2.87. The second-order valence-electron chi connectivity index (χ2n) is 4.12. The lowest BCUT2D eigenvalue weighted by Gasteiger charge is -2.10. The molecule has 0 saturated carbocycles. The number of nitro benzene ring substituents is 1. The number of hydrogen-bond acceptors (Lipinski definition) is 6. The first-order valence-electron chi connectivity index (χ1n) is 5.72. The smallest absolute Gasteiger partial charge is 0.312 e. The Morgan fingerprint density at radius 3 is 2.52 bits per heavy atom. The highest BCUT2D eigenvalue weighted by atomic mass is 32.2. The van der Waals surface area contributed by atoms with Crippen LogP contribution >= 0.6 is 0 Å². The first-order chi connectivity index (χ1) is 9.65. The monoisotopic (exact) mass is 317 g/mol. The van der Waals surface area contributed by atoms with Crippen LogP contribution in [0.2, 0.25) is 0 Å². The van der Waals surface area contributed by atoms with Crippen LogP contribution in [0.15, 0.2) is 17.0 Å². The van der Waals surface area contributed by atoms with Gasteiger partial charge in [0.05, 0.1) is 9.82 Å². The van der Waals surface area contributed by atoms with E-state index in [0.717, 1.165) is 6.07 Å². The molecule has 1 aromatic carbocycles. The molecule has 6 N–H and O–H groups in total. The van der Waals surface area contributed by atoms with Crippen molar-refractivity contribution in [2.45, 2.75) is 11.8 Å². The Bertz CT molecular complexity index is 673. The van der Waals surface area contributed by atoms with Crippen LogP contribution in [0.3, 0.4) is 0 Å². The largest absolute Gasteiger partial charge is 0.393 e. The lowest BCUT2D eigenvalue weighted by molar-refractivity contribution is -0.384. The number of nitrogen functional groups attached to an aromatic ring is 1. The fourth-order valence-electron chi connectivity index (χ4n) is 1.60. The number of benzene rings is 1. The number of carbonyl (C=O) groups is 1. The molecule has 0 fully saturated rings. The number of primary amides is 1. The molecule has 0 radical (unpaired) electrons. The molecule has 21 heavy (non-hydrogen) atoms. The van der Waals surface area contributed by atoms with Gasteiger partial charge in [-0.2, -0.15) is 0 Å². The van der Waals surface area contributed by atoms with Crippen LogP contribution in [0.5, 0.6) is 0 Å². The third kappa shape index (κ3) is 4.29. The molecule has 10 nitrogen and oxygen atoms in total. The van der Waals surface area contributed by atoms with Crippen LogP contribution in [-0.4, -0.2) is 32.5 Å². The van der Waals surface area contributed by atoms with Crippen LogP contribution < -0.4 is 21.5 Å². The summed E-state index contributed by atoms with van der Waals surface area (Å²) in [6, 6.07) is 1.33. The standard InChI is InChI=1S/C10H15N5O5S/c1-6-4-7(11)8(15(17)18)5-9(6)21(19,20)14-3-2-13-10(12)16/h4-5,14H,2-3,11H2,1H3,(H3,12,13,16). The molecule has 0 atom stereocenters. The number of nitrogens with one attached hydrogen (secondary N) is 2. The van der Waals surface area contributed by atoms with E-state index < -0.39 is 26.7 Å². The van der Waals surface area contributed by atoms with E-state index in [0.29, 0.717) is 0 Å². The van der Waals surface area contributed by atoms with Gasteiger partial charge < -0.3 is 16.8 Å². The molecular weight excluding hydrogens is 302 g/mol. The molecule has 0 unspecified atom stereocenters. The van der Waals surface area contributed by atoms with E-state index in [1.165, 1.54) is 13.0 Å². The van der Waals surface area contributed by atoms with Crippen LogP contribution in [0.4, 0.5) is 16.2 Å². The zero-order valence-electron chi connectivity index (χ0n) is 11.1. The molecule has 0 heterocycles. The average molecular weight is 317 g/mol. The summed E-state index contributed by atoms with van der Waals surface area (Å²) in [5, 5.41) is 13.0. The number of nitro groups is 1. The third-order valence-electron chi connectivity index (χ3n) is 2.53. The highest BCUT2D eigenvalue weighted by molar-refractivity contribution is 7.89. The van der Waals surface area contributed by atoms with Gasteiger partial charge >= 0.3 is 6.03 Å². The van der Waals surface area contributed by atoms with Crippen LogP contribution in [0.25, 0.3) is 0 Å². The molecule has 11 heteroatoms. The van der Waals surface area contributed by atoms with Crippen LogP contribution in [-0.2, 0) is 10.0 Å². The van der Waals surface area contributed by atoms with Crippen molar-refractivity contribution in [2.75, 3.05) is 18.8 Å². The van der Waals surface area contributed by atoms with E-state index >= 15 is 0 Å². The molecule has 0 aliphatic carbocycles. The third-order valence-corrected chi connectivity index (χ3v) is 4.13. The molecule has 1 aromatic rings. The SMILES string of the molecule is Cc1cc(N)c([N+](=O)[O-])cc1S(=O)(=O)NCCNC(N)=O. The minimum Gasteiger partial charge on any atom is -0.393 e. The maximum absolute atomic E-state index is 12.1. The van der Waals surface area contributed by atoms with Gasteiger partial charge in [0.1, 0.15) is 5.69 Å². The van der Waals surface area contributed by atoms with Gasteiger partial charge in [-0.1, -0.05) is 0 Å². The number of sulfonamides is 1. The normalized spacial score (nSPS) is 11.1. The number of hydrogen-bond donors (Lipinski definition) is 4. The topological polar surface area (TPSA) is 170 Å². The van der Waals surface area contributed by atoms with Gasteiger partial charge in [-0.25, -0.2) is 17.9 Å². The molecule has 2 amide bonds. The lowest BCUT2D eigenvalue weighted by atomic mass is 10.2. The molecule has 116 valence electrons. The highest BCUT2D eigenvalue weighted by Crippen LogP contribution is 2.27. The van der Waals surface area contributed by atoms with Crippen molar-refractivity contribution in [1.29, 1.82) is 0 Å². The molecule has 1 rings (SSSR count). The molecule has 0 bridgehead atoms. The first kappa shape index (κ1) is 16.7. The van der Waals surface area contributed by atoms with Crippen LogP contribution in [0, 0.1) is 17.0 Å². The van der Waals surface area contributed by atoms with Gasteiger partial charge in [0.15, 0.2) is 0 Å². The van der Waals surface area contributed by atoms with E-state index in [9.17, 15) is 23.3 Å². The Morgan fingerprint density at radius 1 is 1.38 bits per heavy atom. The number of anilines is 1. The molecule has 0 saturated heterocycles.